The lowest BCUT2D eigenvalue weighted by Crippen LogP contribution is -2.54. The number of unbranched alkanes of at least 4 members (excludes halogenated alkanes) is 8. The van der Waals surface area contributed by atoms with Crippen molar-refractivity contribution in [2.45, 2.75) is 114 Å². The summed E-state index contributed by atoms with van der Waals surface area (Å²) in [6.07, 6.45) is 17.7. The molecule has 0 aliphatic carbocycles. The number of imide groups is 1. The summed E-state index contributed by atoms with van der Waals surface area (Å²) in [5.41, 5.74) is 16.2. The van der Waals surface area contributed by atoms with Gasteiger partial charge in [-0.05, 0) is 29.4 Å². The van der Waals surface area contributed by atoms with Crippen LogP contribution in [0.15, 0.2) is 0 Å². The van der Waals surface area contributed by atoms with Crippen LogP contribution in [0, 0.1) is 12.3 Å². The average molecular weight is 620 g/mol. The van der Waals surface area contributed by atoms with Crippen molar-refractivity contribution in [3.05, 3.63) is 0 Å². The second kappa shape index (κ2) is 24.2. The van der Waals surface area contributed by atoms with Gasteiger partial charge in [0.05, 0.1) is 18.1 Å². The summed E-state index contributed by atoms with van der Waals surface area (Å²) >= 11 is 1.47. The van der Waals surface area contributed by atoms with Gasteiger partial charge in [-0.2, -0.15) is 0 Å². The molecule has 0 bridgehead atoms. The molecule has 1 unspecified atom stereocenters. The van der Waals surface area contributed by atoms with Crippen LogP contribution in [-0.2, 0) is 24.0 Å². The maximum atomic E-state index is 12.1. The van der Waals surface area contributed by atoms with Gasteiger partial charge >= 0.3 is 5.97 Å². The summed E-state index contributed by atoms with van der Waals surface area (Å²) in [7, 11) is 2.60. The fraction of sp³-hybridized carbons (Fsp3) is 0.778. The van der Waals surface area contributed by atoms with Crippen molar-refractivity contribution >= 4 is 57.0 Å². The summed E-state index contributed by atoms with van der Waals surface area (Å²) in [4.78, 5) is 51.5. The molecule has 3 amide bonds. The van der Waals surface area contributed by atoms with Crippen molar-refractivity contribution in [3.63, 3.8) is 0 Å². The lowest BCUT2D eigenvalue weighted by atomic mass is 10.1. The molecular formula is C27H49N5O5S3. The molecule has 230 valence electrons. The van der Waals surface area contributed by atoms with Crippen LogP contribution in [0.4, 0.5) is 0 Å². The molecule has 13 heteroatoms. The van der Waals surface area contributed by atoms with Gasteiger partial charge in [-0.15, -0.1) is 29.2 Å². The van der Waals surface area contributed by atoms with Crippen LogP contribution >= 0.6 is 33.3 Å². The lowest BCUT2D eigenvalue weighted by Gasteiger charge is -2.15. The Bertz CT molecular complexity index is 790. The number of hydrogen-bond donors (Lipinski definition) is 4. The van der Waals surface area contributed by atoms with Crippen molar-refractivity contribution in [2.24, 2.45) is 17.2 Å². The number of nitrogens with two attached hydrogens (primary N) is 3. The largest absolute Gasteiger partial charge is 0.356 e. The predicted octanol–water partition coefficient (Wildman–Crippen LogP) is 4.02. The van der Waals surface area contributed by atoms with E-state index in [1.807, 2.05) is 0 Å². The van der Waals surface area contributed by atoms with Crippen LogP contribution in [0.25, 0.3) is 0 Å². The van der Waals surface area contributed by atoms with Gasteiger partial charge in [0.25, 0.3) is 11.8 Å². The quantitative estimate of drug-likeness (QED) is 0.0481. The van der Waals surface area contributed by atoms with E-state index < -0.39 is 28.2 Å². The first-order chi connectivity index (χ1) is 19.1. The molecule has 0 aromatic carbocycles. The van der Waals surface area contributed by atoms with E-state index in [1.54, 1.807) is 0 Å². The highest BCUT2D eigenvalue weighted by Gasteiger charge is 2.41. The molecule has 1 aliphatic heterocycles. The van der Waals surface area contributed by atoms with Crippen LogP contribution in [0.5, 0.6) is 0 Å². The fourth-order valence-electron chi connectivity index (χ4n) is 3.38. The van der Waals surface area contributed by atoms with E-state index in [4.69, 9.17) is 28.5 Å². The molecule has 1 rings (SSSR count). The number of nitrogens with zero attached hydrogens (tertiary/aromatic N) is 1. The van der Waals surface area contributed by atoms with E-state index in [2.05, 4.69) is 25.1 Å². The second-order valence-corrected chi connectivity index (χ2v) is 13.5. The molecular weight excluding hydrogens is 571 g/mol. The molecule has 1 heterocycles. The summed E-state index contributed by atoms with van der Waals surface area (Å²) in [5.74, 6) is 2.36. The van der Waals surface area contributed by atoms with E-state index in [1.165, 1.54) is 78.3 Å². The molecule has 0 radical (unpaired) electrons. The SMILES string of the molecule is C#CCCC(=O)ON1C(=O)CC(SCCCCCCC)C1=O.CCCCCCCNC(=O)CCSSC(N)(N)N. The van der Waals surface area contributed by atoms with E-state index in [0.29, 0.717) is 17.2 Å². The average Bonchev–Trinajstić information content (AvgIpc) is 3.16. The predicted molar refractivity (Wildman–Crippen MR) is 167 cm³/mol. The highest BCUT2D eigenvalue weighted by atomic mass is 33.1. The second-order valence-electron chi connectivity index (χ2n) is 9.44. The lowest BCUT2D eigenvalue weighted by molar-refractivity contribution is -0.197. The zero-order valence-electron chi connectivity index (χ0n) is 24.1. The number of carbonyl (C=O) groups is 4. The van der Waals surface area contributed by atoms with Gasteiger partial charge in [0.1, 0.15) is 0 Å². The molecule has 0 aromatic heterocycles. The Hall–Kier alpha value is -1.43. The van der Waals surface area contributed by atoms with Crippen molar-refractivity contribution in [3.8, 4) is 12.3 Å². The number of carbonyl (C=O) groups excluding carboxylic acids is 4. The van der Waals surface area contributed by atoms with Crippen LogP contribution in [0.3, 0.4) is 0 Å². The van der Waals surface area contributed by atoms with E-state index >= 15 is 0 Å². The number of nitrogens with one attached hydrogen (secondary N) is 1. The number of hydrogen-bond acceptors (Lipinski definition) is 11. The molecule has 1 atom stereocenters. The van der Waals surface area contributed by atoms with Gasteiger partial charge in [-0.25, -0.2) is 4.79 Å². The molecule has 1 fully saturated rings. The van der Waals surface area contributed by atoms with Gasteiger partial charge in [-0.3, -0.25) is 31.6 Å². The normalized spacial score (nSPS) is 14.9. The van der Waals surface area contributed by atoms with Gasteiger partial charge in [0.2, 0.25) is 5.91 Å². The number of terminal acetylenes is 1. The fourth-order valence-corrected chi connectivity index (χ4v) is 6.21. The van der Waals surface area contributed by atoms with E-state index in [9.17, 15) is 19.2 Å². The maximum Gasteiger partial charge on any atom is 0.334 e. The highest BCUT2D eigenvalue weighted by molar-refractivity contribution is 8.77. The topological polar surface area (TPSA) is 171 Å². The number of hydroxylamine groups is 2. The Kier molecular flexibility index (Phi) is 23.3. The van der Waals surface area contributed by atoms with Gasteiger partial charge in [0, 0.05) is 25.1 Å². The van der Waals surface area contributed by atoms with Crippen LogP contribution < -0.4 is 22.5 Å². The van der Waals surface area contributed by atoms with E-state index in [-0.39, 0.29) is 25.2 Å². The first kappa shape index (κ1) is 38.6. The minimum Gasteiger partial charge on any atom is -0.356 e. The maximum absolute atomic E-state index is 12.1. The van der Waals surface area contributed by atoms with Gasteiger partial charge in [-0.1, -0.05) is 76.0 Å². The Morgan fingerprint density at radius 3 is 2.23 bits per heavy atom. The third kappa shape index (κ3) is 21.3. The number of thioether (sulfide) groups is 1. The first-order valence-corrected chi connectivity index (χ1v) is 17.5. The van der Waals surface area contributed by atoms with Crippen molar-refractivity contribution in [1.82, 2.24) is 10.4 Å². The molecule has 10 nitrogen and oxygen atoms in total. The smallest absolute Gasteiger partial charge is 0.334 e. The van der Waals surface area contributed by atoms with Crippen LogP contribution in [-0.4, -0.2) is 57.2 Å². The summed E-state index contributed by atoms with van der Waals surface area (Å²) < 4.78 is 0. The molecule has 1 saturated heterocycles. The summed E-state index contributed by atoms with van der Waals surface area (Å²) in [6.45, 7) is 5.13. The molecule has 1 aliphatic rings. The van der Waals surface area contributed by atoms with Crippen LogP contribution in [0.2, 0.25) is 0 Å². The van der Waals surface area contributed by atoms with Gasteiger partial charge in [0.15, 0.2) is 5.12 Å². The third-order valence-electron chi connectivity index (χ3n) is 5.51. The Balaban J connectivity index is 0.000000778. The number of amides is 3. The van der Waals surface area contributed by atoms with Crippen molar-refractivity contribution in [2.75, 3.05) is 18.1 Å². The zero-order valence-corrected chi connectivity index (χ0v) is 26.6. The molecule has 40 heavy (non-hydrogen) atoms. The summed E-state index contributed by atoms with van der Waals surface area (Å²) in [5, 5.41) is 1.85. The highest BCUT2D eigenvalue weighted by Crippen LogP contribution is 2.27. The molecule has 0 spiro atoms. The van der Waals surface area contributed by atoms with Crippen molar-refractivity contribution < 1.29 is 24.0 Å². The Labute approximate surface area is 252 Å². The van der Waals surface area contributed by atoms with E-state index in [0.717, 1.165) is 31.6 Å². The number of rotatable bonds is 21. The summed E-state index contributed by atoms with van der Waals surface area (Å²) in [6, 6.07) is 0. The Morgan fingerprint density at radius 2 is 1.62 bits per heavy atom. The molecule has 0 aromatic rings. The zero-order chi connectivity index (χ0) is 30.2. The monoisotopic (exact) mass is 619 g/mol. The minimum absolute atomic E-state index is 0.00278. The molecule has 0 saturated carbocycles. The van der Waals surface area contributed by atoms with Gasteiger partial charge < -0.3 is 10.2 Å². The van der Waals surface area contributed by atoms with Crippen molar-refractivity contribution in [1.29, 1.82) is 0 Å². The van der Waals surface area contributed by atoms with Crippen LogP contribution in [0.1, 0.15) is 104 Å². The molecule has 7 N–H and O–H groups in total. The minimum atomic E-state index is -1.22. The standard InChI is InChI=1S/C16H23NO4S.C11H26N4OS2/c1-3-5-7-8-9-11-22-13-12-14(18)17(16(13)20)21-15(19)10-6-4-2;1-2-3-4-5-6-8-15-10(16)7-9-17-18-11(12,13)14/h2,13H,3,5-12H2,1H3;2-9,12-14H2,1H3,(H,15,16). The Morgan fingerprint density at radius 1 is 1.00 bits per heavy atom. The first-order valence-electron chi connectivity index (χ1n) is 14.1. The third-order valence-corrected chi connectivity index (χ3v) is 9.31.